The van der Waals surface area contributed by atoms with Crippen LogP contribution in [0.3, 0.4) is 0 Å². The highest BCUT2D eigenvalue weighted by atomic mass is 16.3. The summed E-state index contributed by atoms with van der Waals surface area (Å²) in [6, 6.07) is 74.6. The number of rotatable bonds is 6. The summed E-state index contributed by atoms with van der Waals surface area (Å²) in [4.78, 5) is 15.6. The van der Waals surface area contributed by atoms with E-state index < -0.39 is 0 Å². The highest BCUT2D eigenvalue weighted by Crippen LogP contribution is 2.40. The Hall–Kier alpha value is -8.61. The molecule has 294 valence electrons. The molecule has 0 aliphatic heterocycles. The lowest BCUT2D eigenvalue weighted by molar-refractivity contribution is 0.669. The van der Waals surface area contributed by atoms with Crippen LogP contribution in [0.5, 0.6) is 0 Å². The van der Waals surface area contributed by atoms with E-state index in [-0.39, 0.29) is 0 Å². The van der Waals surface area contributed by atoms with E-state index in [0.717, 1.165) is 99.2 Å². The van der Waals surface area contributed by atoms with Gasteiger partial charge in [0.1, 0.15) is 11.2 Å². The Balaban J connectivity index is 0.977. The lowest BCUT2D eigenvalue weighted by atomic mass is 9.96. The number of fused-ring (bicyclic) bond motifs is 9. The minimum absolute atomic E-state index is 0.573. The zero-order chi connectivity index (χ0) is 41.4. The fraction of sp³-hybridized carbons (Fsp3) is 0. The second kappa shape index (κ2) is 14.0. The summed E-state index contributed by atoms with van der Waals surface area (Å²) in [5, 5.41) is 6.90. The van der Waals surface area contributed by atoms with Crippen LogP contribution < -0.4 is 0 Å². The van der Waals surface area contributed by atoms with Gasteiger partial charge in [-0.25, -0.2) is 4.98 Å². The molecule has 0 N–H and O–H groups in total. The minimum atomic E-state index is 0.573. The first kappa shape index (κ1) is 35.2. The third-order valence-corrected chi connectivity index (χ3v) is 12.4. The normalized spacial score (nSPS) is 11.8. The van der Waals surface area contributed by atoms with E-state index in [9.17, 15) is 0 Å². The largest absolute Gasteiger partial charge is 0.456 e. The molecule has 0 saturated carbocycles. The van der Waals surface area contributed by atoms with Crippen molar-refractivity contribution in [2.45, 2.75) is 0 Å². The molecule has 9 aromatic carbocycles. The Bertz CT molecular complexity index is 3880. The van der Waals surface area contributed by atoms with Gasteiger partial charge >= 0.3 is 0 Å². The van der Waals surface area contributed by atoms with Gasteiger partial charge in [0.2, 0.25) is 5.95 Å². The van der Waals surface area contributed by atoms with Crippen LogP contribution in [0.15, 0.2) is 217 Å². The smallest absolute Gasteiger partial charge is 0.238 e. The first-order valence-electron chi connectivity index (χ1n) is 21.2. The molecule has 13 rings (SSSR count). The number of benzene rings is 9. The molecule has 0 bridgehead atoms. The fourth-order valence-electron chi connectivity index (χ4n) is 9.54. The predicted molar refractivity (Wildman–Crippen MR) is 258 cm³/mol. The van der Waals surface area contributed by atoms with Crippen LogP contribution in [0.1, 0.15) is 0 Å². The van der Waals surface area contributed by atoms with Crippen molar-refractivity contribution in [2.75, 3.05) is 0 Å². The van der Waals surface area contributed by atoms with Crippen LogP contribution in [-0.4, -0.2) is 24.1 Å². The van der Waals surface area contributed by atoms with Crippen molar-refractivity contribution >= 4 is 65.6 Å². The van der Waals surface area contributed by atoms with Gasteiger partial charge in [-0.3, -0.25) is 4.57 Å². The van der Waals surface area contributed by atoms with Gasteiger partial charge in [-0.2, -0.15) is 9.97 Å². The molecule has 0 radical (unpaired) electrons. The molecule has 0 spiro atoms. The topological polar surface area (TPSA) is 61.7 Å². The molecule has 6 nitrogen and oxygen atoms in total. The summed E-state index contributed by atoms with van der Waals surface area (Å²) in [7, 11) is 0. The van der Waals surface area contributed by atoms with Crippen molar-refractivity contribution in [1.29, 1.82) is 0 Å². The average molecular weight is 806 g/mol. The highest BCUT2D eigenvalue weighted by Gasteiger charge is 2.20. The second-order valence-corrected chi connectivity index (χ2v) is 16.0. The summed E-state index contributed by atoms with van der Waals surface area (Å²) in [6.07, 6.45) is 0. The number of furan rings is 1. The van der Waals surface area contributed by atoms with Gasteiger partial charge in [-0.05, 0) is 76.9 Å². The lowest BCUT2D eigenvalue weighted by Crippen LogP contribution is -2.06. The predicted octanol–water partition coefficient (Wildman–Crippen LogP) is 14.6. The molecule has 0 amide bonds. The molecule has 13 aromatic rings. The summed E-state index contributed by atoms with van der Waals surface area (Å²) in [5.74, 6) is 1.79. The average Bonchev–Trinajstić information content (AvgIpc) is 4.02. The van der Waals surface area contributed by atoms with Gasteiger partial charge in [-0.15, -0.1) is 0 Å². The van der Waals surface area contributed by atoms with E-state index >= 15 is 0 Å². The number of nitrogens with zero attached hydrogens (tertiary/aromatic N) is 5. The van der Waals surface area contributed by atoms with Crippen molar-refractivity contribution in [1.82, 2.24) is 24.1 Å². The molecule has 0 unspecified atom stereocenters. The monoisotopic (exact) mass is 805 g/mol. The molecule has 6 heteroatoms. The molecule has 0 atom stereocenters. The first-order valence-corrected chi connectivity index (χ1v) is 21.2. The van der Waals surface area contributed by atoms with Gasteiger partial charge in [-0.1, -0.05) is 158 Å². The maximum atomic E-state index is 6.26. The molecular formula is C57H35N5O. The minimum Gasteiger partial charge on any atom is -0.456 e. The van der Waals surface area contributed by atoms with Crippen LogP contribution in [0.2, 0.25) is 0 Å². The number of aromatic nitrogens is 5. The van der Waals surface area contributed by atoms with Crippen LogP contribution in [0, 0.1) is 0 Å². The maximum Gasteiger partial charge on any atom is 0.238 e. The molecule has 4 heterocycles. The number of para-hydroxylation sites is 4. The maximum absolute atomic E-state index is 6.26. The zero-order valence-corrected chi connectivity index (χ0v) is 33.9. The van der Waals surface area contributed by atoms with Crippen LogP contribution in [0.4, 0.5) is 0 Å². The molecule has 0 aliphatic rings. The Labute approximate surface area is 361 Å². The summed E-state index contributed by atoms with van der Waals surface area (Å²) < 4.78 is 10.8. The molecular weight excluding hydrogens is 771 g/mol. The zero-order valence-electron chi connectivity index (χ0n) is 33.9. The quantitative estimate of drug-likeness (QED) is 0.168. The van der Waals surface area contributed by atoms with Gasteiger partial charge in [0.25, 0.3) is 0 Å². The van der Waals surface area contributed by atoms with E-state index in [1.807, 2.05) is 30.3 Å². The Morgan fingerprint density at radius 2 is 0.857 bits per heavy atom. The molecule has 0 saturated heterocycles. The number of hydrogen-bond acceptors (Lipinski definition) is 4. The van der Waals surface area contributed by atoms with E-state index in [2.05, 4.69) is 191 Å². The lowest BCUT2D eigenvalue weighted by Gasteiger charge is -2.13. The van der Waals surface area contributed by atoms with Crippen LogP contribution in [0.25, 0.3) is 122 Å². The summed E-state index contributed by atoms with van der Waals surface area (Å²) in [6.45, 7) is 0. The number of hydrogen-bond donors (Lipinski definition) is 0. The van der Waals surface area contributed by atoms with Gasteiger partial charge in [0.15, 0.2) is 11.6 Å². The third kappa shape index (κ3) is 5.62. The van der Waals surface area contributed by atoms with E-state index in [0.29, 0.717) is 17.6 Å². The summed E-state index contributed by atoms with van der Waals surface area (Å²) in [5.41, 5.74) is 13.5. The highest BCUT2D eigenvalue weighted by molar-refractivity contribution is 6.13. The second-order valence-electron chi connectivity index (χ2n) is 16.0. The Morgan fingerprint density at radius 1 is 0.317 bits per heavy atom. The molecule has 63 heavy (non-hydrogen) atoms. The van der Waals surface area contributed by atoms with E-state index in [1.54, 1.807) is 0 Å². The van der Waals surface area contributed by atoms with Crippen LogP contribution in [-0.2, 0) is 0 Å². The standard InChI is InChI=1S/C57H35N5O/c1-2-15-36(16-3-1)55-58-56(60-57(59-55)62-49-27-9-5-21-43(49)44-22-6-10-28-50(44)62)40-31-32-46-45-23-4-8-26-48(45)61(51(46)35-40)41-20-13-18-38(34-41)37-17-12-19-39(33-37)42-25-14-30-53-54(42)47-24-7-11-29-52(47)63-53/h1-35H. The first-order chi connectivity index (χ1) is 31.2. The van der Waals surface area contributed by atoms with Crippen molar-refractivity contribution < 1.29 is 4.42 Å². The third-order valence-electron chi connectivity index (χ3n) is 12.4. The van der Waals surface area contributed by atoms with Crippen molar-refractivity contribution in [2.24, 2.45) is 0 Å². The SMILES string of the molecule is c1ccc(-c2nc(-c3ccc4c5ccccc5n(-c5cccc(-c6cccc(-c7cccc8oc9ccccc9c78)c6)c5)c4c3)nc(-n3c4ccccc4c4ccccc43)n2)cc1. The van der Waals surface area contributed by atoms with E-state index in [1.165, 1.54) is 5.39 Å². The fourth-order valence-corrected chi connectivity index (χ4v) is 9.54. The molecule has 0 aliphatic carbocycles. The van der Waals surface area contributed by atoms with Gasteiger partial charge in [0, 0.05) is 49.1 Å². The van der Waals surface area contributed by atoms with Gasteiger partial charge < -0.3 is 8.98 Å². The van der Waals surface area contributed by atoms with Crippen molar-refractivity contribution in [3.8, 4) is 56.7 Å². The van der Waals surface area contributed by atoms with Crippen molar-refractivity contribution in [3.63, 3.8) is 0 Å². The Morgan fingerprint density at radius 3 is 1.60 bits per heavy atom. The molecule has 4 aromatic heterocycles. The van der Waals surface area contributed by atoms with Crippen molar-refractivity contribution in [3.05, 3.63) is 212 Å². The summed E-state index contributed by atoms with van der Waals surface area (Å²) >= 11 is 0. The Kier molecular flexibility index (Phi) is 7.80. The van der Waals surface area contributed by atoms with E-state index in [4.69, 9.17) is 19.4 Å². The molecule has 0 fully saturated rings. The van der Waals surface area contributed by atoms with Crippen LogP contribution >= 0.6 is 0 Å². The van der Waals surface area contributed by atoms with Gasteiger partial charge in [0.05, 0.1) is 22.1 Å².